The molecule has 0 unspecified atom stereocenters. The number of hydrogen-bond acceptors (Lipinski definition) is 1. The van der Waals surface area contributed by atoms with Crippen molar-refractivity contribution in [2.45, 2.75) is 26.3 Å². The van der Waals surface area contributed by atoms with Crippen LogP contribution in [0.15, 0.2) is 40.9 Å². The zero-order valence-electron chi connectivity index (χ0n) is 11.0. The smallest absolute Gasteiger partial charge is 0.134 e. The Bertz CT molecular complexity index is 581. The molecule has 0 bridgehead atoms. The van der Waals surface area contributed by atoms with Crippen molar-refractivity contribution in [3.63, 3.8) is 0 Å². The molecule has 2 rings (SSSR count). The lowest BCUT2D eigenvalue weighted by Crippen LogP contribution is -1.99. The second kappa shape index (κ2) is 6.44. The Morgan fingerprint density at radius 2 is 1.89 bits per heavy atom. The van der Waals surface area contributed by atoms with Gasteiger partial charge >= 0.3 is 0 Å². The highest BCUT2D eigenvalue weighted by Gasteiger charge is 2.04. The van der Waals surface area contributed by atoms with Gasteiger partial charge in [-0.25, -0.2) is 0 Å². The highest BCUT2D eigenvalue weighted by molar-refractivity contribution is 9.10. The molecule has 0 N–H and O–H groups in total. The highest BCUT2D eigenvalue weighted by Crippen LogP contribution is 2.27. The van der Waals surface area contributed by atoms with Crippen LogP contribution in [0, 0.1) is 13.8 Å². The molecule has 0 aliphatic carbocycles. The van der Waals surface area contributed by atoms with Crippen LogP contribution in [-0.2, 0) is 12.5 Å². The Hall–Kier alpha value is -0.990. The fraction of sp³-hybridized carbons (Fsp3) is 0.250. The summed E-state index contributed by atoms with van der Waals surface area (Å²) in [4.78, 5) is 0. The Morgan fingerprint density at radius 1 is 1.11 bits per heavy atom. The van der Waals surface area contributed by atoms with Gasteiger partial charge < -0.3 is 4.74 Å². The molecule has 1 nitrogen and oxygen atoms in total. The summed E-state index contributed by atoms with van der Waals surface area (Å²) in [5.41, 5.74) is 4.79. The molecular formula is C16H16BrClO. The van der Waals surface area contributed by atoms with Crippen molar-refractivity contribution in [2.24, 2.45) is 0 Å². The number of alkyl halides is 1. The summed E-state index contributed by atoms with van der Waals surface area (Å²) in [6.45, 7) is 4.77. The third kappa shape index (κ3) is 3.74. The SMILES string of the molecule is Cc1ccc(C)c(COc2ccc(CCl)cc2Br)c1. The predicted molar refractivity (Wildman–Crippen MR) is 83.9 cm³/mol. The van der Waals surface area contributed by atoms with Crippen LogP contribution in [0.5, 0.6) is 5.75 Å². The Balaban J connectivity index is 2.12. The largest absolute Gasteiger partial charge is 0.488 e. The van der Waals surface area contributed by atoms with E-state index in [2.05, 4.69) is 48.0 Å². The van der Waals surface area contributed by atoms with Crippen molar-refractivity contribution in [3.05, 3.63) is 63.1 Å². The van der Waals surface area contributed by atoms with E-state index in [1.807, 2.05) is 18.2 Å². The van der Waals surface area contributed by atoms with Gasteiger partial charge in [0.25, 0.3) is 0 Å². The highest BCUT2D eigenvalue weighted by atomic mass is 79.9. The summed E-state index contributed by atoms with van der Waals surface area (Å²) in [6, 6.07) is 12.3. The molecule has 0 amide bonds. The third-order valence-electron chi connectivity index (χ3n) is 3.04. The monoisotopic (exact) mass is 338 g/mol. The van der Waals surface area contributed by atoms with Gasteiger partial charge in [0.2, 0.25) is 0 Å². The van der Waals surface area contributed by atoms with Crippen LogP contribution in [-0.4, -0.2) is 0 Å². The molecule has 19 heavy (non-hydrogen) atoms. The lowest BCUT2D eigenvalue weighted by molar-refractivity contribution is 0.303. The topological polar surface area (TPSA) is 9.23 Å². The Morgan fingerprint density at radius 3 is 2.58 bits per heavy atom. The summed E-state index contributed by atoms with van der Waals surface area (Å²) < 4.78 is 6.81. The Kier molecular flexibility index (Phi) is 4.89. The lowest BCUT2D eigenvalue weighted by Gasteiger charge is -2.11. The first-order valence-electron chi connectivity index (χ1n) is 6.13. The minimum atomic E-state index is 0.510. The van der Waals surface area contributed by atoms with Gasteiger partial charge in [-0.05, 0) is 58.6 Å². The molecular weight excluding hydrogens is 324 g/mol. The third-order valence-corrected chi connectivity index (χ3v) is 3.97. The van der Waals surface area contributed by atoms with E-state index < -0.39 is 0 Å². The maximum Gasteiger partial charge on any atom is 0.134 e. The van der Waals surface area contributed by atoms with Crippen LogP contribution < -0.4 is 4.74 Å². The van der Waals surface area contributed by atoms with Crippen LogP contribution in [0.25, 0.3) is 0 Å². The number of ether oxygens (including phenoxy) is 1. The summed E-state index contributed by atoms with van der Waals surface area (Å²) in [6.07, 6.45) is 0. The quantitative estimate of drug-likeness (QED) is 0.679. The van der Waals surface area contributed by atoms with Gasteiger partial charge in [0.05, 0.1) is 4.47 Å². The average molecular weight is 340 g/mol. The molecule has 0 aromatic heterocycles. The van der Waals surface area contributed by atoms with E-state index in [0.717, 1.165) is 15.8 Å². The van der Waals surface area contributed by atoms with Gasteiger partial charge in [0, 0.05) is 5.88 Å². The van der Waals surface area contributed by atoms with Crippen molar-refractivity contribution in [2.75, 3.05) is 0 Å². The van der Waals surface area contributed by atoms with Crippen LogP contribution in [0.4, 0.5) is 0 Å². The molecule has 0 heterocycles. The summed E-state index contributed by atoms with van der Waals surface area (Å²) in [7, 11) is 0. The number of rotatable bonds is 4. The van der Waals surface area contributed by atoms with Gasteiger partial charge in [0.1, 0.15) is 12.4 Å². The first kappa shape index (κ1) is 14.4. The van der Waals surface area contributed by atoms with E-state index >= 15 is 0 Å². The lowest BCUT2D eigenvalue weighted by atomic mass is 10.1. The number of hydrogen-bond donors (Lipinski definition) is 0. The van der Waals surface area contributed by atoms with Gasteiger partial charge in [-0.3, -0.25) is 0 Å². The van der Waals surface area contributed by atoms with Crippen LogP contribution in [0.2, 0.25) is 0 Å². The van der Waals surface area contributed by atoms with E-state index in [1.165, 1.54) is 16.7 Å². The normalized spacial score (nSPS) is 10.5. The van der Waals surface area contributed by atoms with E-state index in [-0.39, 0.29) is 0 Å². The molecule has 3 heteroatoms. The van der Waals surface area contributed by atoms with Gasteiger partial charge in [-0.1, -0.05) is 29.8 Å². The summed E-state index contributed by atoms with van der Waals surface area (Å²) in [5.74, 6) is 1.35. The maximum atomic E-state index is 5.87. The molecule has 0 atom stereocenters. The maximum absolute atomic E-state index is 5.87. The minimum Gasteiger partial charge on any atom is -0.488 e. The molecule has 0 radical (unpaired) electrons. The fourth-order valence-electron chi connectivity index (χ4n) is 1.86. The second-order valence-electron chi connectivity index (χ2n) is 4.62. The van der Waals surface area contributed by atoms with E-state index in [1.54, 1.807) is 0 Å². The zero-order chi connectivity index (χ0) is 13.8. The van der Waals surface area contributed by atoms with Crippen LogP contribution >= 0.6 is 27.5 Å². The summed E-state index contributed by atoms with van der Waals surface area (Å²) in [5, 5.41) is 0. The van der Waals surface area contributed by atoms with Crippen molar-refractivity contribution < 1.29 is 4.74 Å². The number of benzene rings is 2. The first-order valence-corrected chi connectivity index (χ1v) is 7.46. The molecule has 0 saturated heterocycles. The average Bonchev–Trinajstić information content (AvgIpc) is 2.40. The summed E-state index contributed by atoms with van der Waals surface area (Å²) >= 11 is 9.31. The fourth-order valence-corrected chi connectivity index (χ4v) is 2.56. The van der Waals surface area contributed by atoms with E-state index in [9.17, 15) is 0 Å². The van der Waals surface area contributed by atoms with Crippen molar-refractivity contribution in [3.8, 4) is 5.75 Å². The predicted octanol–water partition coefficient (Wildman–Crippen LogP) is 5.38. The van der Waals surface area contributed by atoms with Crippen LogP contribution in [0.1, 0.15) is 22.3 Å². The number of halogens is 2. The molecule has 0 fully saturated rings. The molecule has 2 aromatic rings. The number of aryl methyl sites for hydroxylation is 2. The molecule has 0 aliphatic heterocycles. The zero-order valence-corrected chi connectivity index (χ0v) is 13.4. The molecule has 100 valence electrons. The van der Waals surface area contributed by atoms with Gasteiger partial charge in [-0.2, -0.15) is 0 Å². The minimum absolute atomic E-state index is 0.510. The molecule has 0 spiro atoms. The molecule has 0 saturated carbocycles. The van der Waals surface area contributed by atoms with Crippen molar-refractivity contribution in [1.82, 2.24) is 0 Å². The van der Waals surface area contributed by atoms with Crippen LogP contribution in [0.3, 0.4) is 0 Å². The Labute approximate surface area is 127 Å². The van der Waals surface area contributed by atoms with E-state index in [0.29, 0.717) is 12.5 Å². The van der Waals surface area contributed by atoms with Crippen molar-refractivity contribution in [1.29, 1.82) is 0 Å². The van der Waals surface area contributed by atoms with Gasteiger partial charge in [0.15, 0.2) is 0 Å². The molecule has 0 aliphatic rings. The molecule has 2 aromatic carbocycles. The van der Waals surface area contributed by atoms with Crippen molar-refractivity contribution >= 4 is 27.5 Å². The first-order chi connectivity index (χ1) is 9.10. The van der Waals surface area contributed by atoms with Gasteiger partial charge in [-0.15, -0.1) is 11.6 Å². The second-order valence-corrected chi connectivity index (χ2v) is 5.74. The standard InChI is InChI=1S/C16H16BrClO/c1-11-3-4-12(2)14(7-11)10-19-16-6-5-13(9-18)8-15(16)17/h3-8H,9-10H2,1-2H3. The van der Waals surface area contributed by atoms with E-state index in [4.69, 9.17) is 16.3 Å².